The molecular formula is C38H36N2O4S6. The summed E-state index contributed by atoms with van der Waals surface area (Å²) in [6.07, 6.45) is 14.8. The third-order valence-electron chi connectivity index (χ3n) is 10.9. The van der Waals surface area contributed by atoms with Crippen LogP contribution in [-0.4, -0.2) is 43.3 Å². The van der Waals surface area contributed by atoms with E-state index >= 15 is 0 Å². The van der Waals surface area contributed by atoms with Crippen molar-refractivity contribution in [2.24, 2.45) is 0 Å². The number of fused-ring (bicyclic) bond motifs is 8. The van der Waals surface area contributed by atoms with Gasteiger partial charge in [-0.3, -0.25) is 19.4 Å². The van der Waals surface area contributed by atoms with Crippen molar-refractivity contribution in [1.29, 1.82) is 0 Å². The Balaban J connectivity index is 1.19. The molecule has 2 amide bonds. The number of hydrogen-bond acceptors (Lipinski definition) is 10. The fraction of sp³-hybridized carbons (Fsp3) is 0.421. The number of rotatable bonds is 4. The first kappa shape index (κ1) is 33.4. The van der Waals surface area contributed by atoms with Gasteiger partial charge in [-0.2, -0.15) is 0 Å². The molecule has 0 bridgehead atoms. The van der Waals surface area contributed by atoms with Crippen LogP contribution in [0.4, 0.5) is 0 Å². The van der Waals surface area contributed by atoms with E-state index < -0.39 is 11.2 Å². The van der Waals surface area contributed by atoms with Gasteiger partial charge < -0.3 is 9.47 Å². The van der Waals surface area contributed by atoms with Crippen LogP contribution in [-0.2, 0) is 20.8 Å². The van der Waals surface area contributed by atoms with E-state index in [0.29, 0.717) is 31.5 Å². The Labute approximate surface area is 319 Å². The van der Waals surface area contributed by atoms with Crippen LogP contribution in [0.5, 0.6) is 11.5 Å². The number of carbonyl (C=O) groups is 2. The molecule has 258 valence electrons. The van der Waals surface area contributed by atoms with Crippen molar-refractivity contribution in [2.45, 2.75) is 89.3 Å². The number of hydrogen-bond donors (Lipinski definition) is 0. The first-order valence-corrected chi connectivity index (χ1v) is 21.7. The molecule has 4 aliphatic heterocycles. The summed E-state index contributed by atoms with van der Waals surface area (Å²) in [5, 5.41) is 0. The van der Waals surface area contributed by atoms with Gasteiger partial charge in [0.25, 0.3) is 11.8 Å². The summed E-state index contributed by atoms with van der Waals surface area (Å²) < 4.78 is 15.5. The molecule has 6 heterocycles. The van der Waals surface area contributed by atoms with Crippen LogP contribution in [0, 0.1) is 0 Å². The number of benzene rings is 1. The van der Waals surface area contributed by atoms with Gasteiger partial charge in [0.05, 0.1) is 19.6 Å². The molecular weight excluding hydrogens is 741 g/mol. The topological polar surface area (TPSA) is 59.1 Å². The van der Waals surface area contributed by atoms with Crippen molar-refractivity contribution < 1.29 is 19.1 Å². The van der Waals surface area contributed by atoms with Crippen LogP contribution in [0.15, 0.2) is 34.1 Å². The minimum absolute atomic E-state index is 0.0209. The Morgan fingerprint density at radius 2 is 1.06 bits per heavy atom. The van der Waals surface area contributed by atoms with Crippen LogP contribution in [0.1, 0.15) is 98.9 Å². The maximum absolute atomic E-state index is 13.1. The standard InChI is InChI=1S/C38H36N2O4S6/c1-3-39-33(41)29(49-35(39)45)17-21-15-27-31(47-21)23-19-26-24(20-25(23)37(43-27)11-7-5-8-12-37)32-28(44-38(26)13-9-6-10-14-38)16-22(48-32)18-30-34(42)40(4-2)36(46)50-30/h15-20H,3-14H2,1-2H3/b29-17+,30-18+. The lowest BCUT2D eigenvalue weighted by molar-refractivity contribution is -0.122. The highest BCUT2D eigenvalue weighted by atomic mass is 32.2. The highest BCUT2D eigenvalue weighted by Crippen LogP contribution is 2.60. The quantitative estimate of drug-likeness (QED) is 0.192. The number of ether oxygens (including phenoxy) is 2. The van der Waals surface area contributed by atoms with Crippen molar-refractivity contribution >= 4 is 103 Å². The summed E-state index contributed by atoms with van der Waals surface area (Å²) >= 11 is 17.2. The van der Waals surface area contributed by atoms with E-state index in [2.05, 4.69) is 24.3 Å². The van der Waals surface area contributed by atoms with Gasteiger partial charge >= 0.3 is 0 Å². The average Bonchev–Trinajstić information content (AvgIpc) is 3.84. The lowest BCUT2D eigenvalue weighted by Gasteiger charge is -2.45. The minimum Gasteiger partial charge on any atom is -0.481 e. The zero-order chi connectivity index (χ0) is 34.4. The first-order chi connectivity index (χ1) is 24.2. The molecule has 0 atom stereocenters. The lowest BCUT2D eigenvalue weighted by atomic mass is 9.71. The Kier molecular flexibility index (Phi) is 8.40. The molecule has 0 radical (unpaired) electrons. The van der Waals surface area contributed by atoms with E-state index in [-0.39, 0.29) is 11.8 Å². The average molecular weight is 777 g/mol. The Bertz CT molecular complexity index is 1920. The van der Waals surface area contributed by atoms with Gasteiger partial charge in [-0.25, -0.2) is 0 Å². The third-order valence-corrected chi connectivity index (χ3v) is 15.9. The highest BCUT2D eigenvalue weighted by Gasteiger charge is 2.48. The van der Waals surface area contributed by atoms with Gasteiger partial charge in [0.1, 0.15) is 31.3 Å². The largest absolute Gasteiger partial charge is 0.481 e. The summed E-state index contributed by atoms with van der Waals surface area (Å²) in [7, 11) is 0. The predicted molar refractivity (Wildman–Crippen MR) is 215 cm³/mol. The highest BCUT2D eigenvalue weighted by molar-refractivity contribution is 8.27. The van der Waals surface area contributed by atoms with Crippen molar-refractivity contribution in [3.8, 4) is 32.4 Å². The molecule has 1 aromatic carbocycles. The van der Waals surface area contributed by atoms with Crippen LogP contribution in [0.3, 0.4) is 0 Å². The van der Waals surface area contributed by atoms with E-state index in [1.807, 2.05) is 26.0 Å². The molecule has 2 aromatic heterocycles. The molecule has 0 unspecified atom stereocenters. The summed E-state index contributed by atoms with van der Waals surface area (Å²) in [6.45, 7) is 5.06. The molecule has 2 aliphatic carbocycles. The zero-order valence-electron chi connectivity index (χ0n) is 27.9. The SMILES string of the molecule is CCN1C(=O)/C(=C\c2cc3c(s2)-c2cc4c(cc2C2(CCCCC2)O3)-c2sc(/C=C3/SC(=S)N(CC)C3=O)cc2OC42CCCCC2)SC1=S. The second-order valence-corrected chi connectivity index (χ2v) is 19.3. The van der Waals surface area contributed by atoms with E-state index in [1.165, 1.54) is 58.6 Å². The fourth-order valence-corrected chi connectivity index (χ4v) is 13.5. The molecule has 2 saturated heterocycles. The normalized spacial score (nSPS) is 23.4. The zero-order valence-corrected chi connectivity index (χ0v) is 32.8. The molecule has 3 aromatic rings. The van der Waals surface area contributed by atoms with E-state index in [1.54, 1.807) is 32.5 Å². The van der Waals surface area contributed by atoms with Crippen molar-refractivity contribution in [3.63, 3.8) is 0 Å². The molecule has 6 aliphatic rings. The third kappa shape index (κ3) is 5.22. The van der Waals surface area contributed by atoms with Gasteiger partial charge in [0.2, 0.25) is 0 Å². The van der Waals surface area contributed by atoms with Gasteiger partial charge in [-0.05, 0) is 102 Å². The lowest BCUT2D eigenvalue weighted by Crippen LogP contribution is -2.40. The molecule has 2 spiro atoms. The summed E-state index contributed by atoms with van der Waals surface area (Å²) in [5.41, 5.74) is 4.24. The Morgan fingerprint density at radius 1 is 0.660 bits per heavy atom. The molecule has 2 saturated carbocycles. The second-order valence-electron chi connectivity index (χ2n) is 13.8. The van der Waals surface area contributed by atoms with E-state index in [9.17, 15) is 9.59 Å². The molecule has 9 rings (SSSR count). The maximum Gasteiger partial charge on any atom is 0.266 e. The number of nitrogens with zero attached hydrogens (tertiary/aromatic N) is 2. The molecule has 50 heavy (non-hydrogen) atoms. The summed E-state index contributed by atoms with van der Waals surface area (Å²) in [5.74, 6) is 1.79. The monoisotopic (exact) mass is 776 g/mol. The van der Waals surface area contributed by atoms with Gasteiger partial charge in [0, 0.05) is 45.1 Å². The molecule has 12 heteroatoms. The van der Waals surface area contributed by atoms with Crippen LogP contribution >= 0.6 is 70.6 Å². The Hall–Kier alpha value is -2.48. The first-order valence-electron chi connectivity index (χ1n) is 17.6. The van der Waals surface area contributed by atoms with Crippen molar-refractivity contribution in [1.82, 2.24) is 9.80 Å². The van der Waals surface area contributed by atoms with E-state index in [0.717, 1.165) is 82.4 Å². The molecule has 6 nitrogen and oxygen atoms in total. The number of amides is 2. The van der Waals surface area contributed by atoms with Crippen LogP contribution in [0.25, 0.3) is 33.0 Å². The maximum atomic E-state index is 13.1. The van der Waals surface area contributed by atoms with Gasteiger partial charge in [-0.1, -0.05) is 60.8 Å². The van der Waals surface area contributed by atoms with Gasteiger partial charge in [0.15, 0.2) is 0 Å². The van der Waals surface area contributed by atoms with Gasteiger partial charge in [-0.15, -0.1) is 22.7 Å². The summed E-state index contributed by atoms with van der Waals surface area (Å²) in [4.78, 5) is 35.1. The minimum atomic E-state index is -0.397. The smallest absolute Gasteiger partial charge is 0.266 e. The number of thiocarbonyl (C=S) groups is 2. The predicted octanol–water partition coefficient (Wildman–Crippen LogP) is 10.7. The van der Waals surface area contributed by atoms with Crippen molar-refractivity contribution in [2.75, 3.05) is 13.1 Å². The second kappa shape index (κ2) is 12.6. The summed E-state index contributed by atoms with van der Waals surface area (Å²) in [6, 6.07) is 9.16. The number of carbonyl (C=O) groups excluding carboxylic acids is 2. The fourth-order valence-electron chi connectivity index (χ4n) is 8.51. The number of thiophene rings is 2. The van der Waals surface area contributed by atoms with Crippen LogP contribution < -0.4 is 9.47 Å². The number of thioether (sulfide) groups is 2. The van der Waals surface area contributed by atoms with Crippen molar-refractivity contribution in [3.05, 3.63) is 55.0 Å². The van der Waals surface area contributed by atoms with Crippen LogP contribution in [0.2, 0.25) is 0 Å². The molecule has 4 fully saturated rings. The number of likely N-dealkylation sites (N-methyl/N-ethyl adjacent to an activating group) is 2. The molecule has 0 N–H and O–H groups in total. The Morgan fingerprint density at radius 3 is 1.42 bits per heavy atom. The van der Waals surface area contributed by atoms with E-state index in [4.69, 9.17) is 33.9 Å².